The monoisotopic (exact) mass is 243 g/mol. The lowest BCUT2D eigenvalue weighted by Crippen LogP contribution is -2.18. The summed E-state index contributed by atoms with van der Waals surface area (Å²) < 4.78 is 1.15. The molecule has 1 aliphatic heterocycles. The molecule has 0 aromatic heterocycles. The van der Waals surface area contributed by atoms with Gasteiger partial charge in [-0.2, -0.15) is 11.8 Å². The summed E-state index contributed by atoms with van der Waals surface area (Å²) in [4.78, 5) is 0. The Kier molecular flexibility index (Phi) is 2.44. The van der Waals surface area contributed by atoms with E-state index in [4.69, 9.17) is 5.73 Å². The molecule has 1 aromatic carbocycles. The van der Waals surface area contributed by atoms with Crippen LogP contribution in [0.5, 0.6) is 0 Å². The lowest BCUT2D eigenvalue weighted by Gasteiger charge is -2.21. The highest BCUT2D eigenvalue weighted by Crippen LogP contribution is 2.31. The number of halogens is 1. The zero-order chi connectivity index (χ0) is 8.55. The topological polar surface area (TPSA) is 26.0 Å². The van der Waals surface area contributed by atoms with Crippen LogP contribution < -0.4 is 5.73 Å². The largest absolute Gasteiger partial charge is 0.323 e. The Bertz CT molecular complexity index is 301. The Labute approximate surface area is 84.9 Å². The van der Waals surface area contributed by atoms with Crippen LogP contribution in [0.2, 0.25) is 0 Å². The van der Waals surface area contributed by atoms with Crippen LogP contribution in [0.1, 0.15) is 17.2 Å². The summed E-state index contributed by atoms with van der Waals surface area (Å²) in [6, 6.07) is 6.59. The van der Waals surface area contributed by atoms with Crippen LogP contribution >= 0.6 is 27.7 Å². The summed E-state index contributed by atoms with van der Waals surface area (Å²) in [5.74, 6) is 2.15. The van der Waals surface area contributed by atoms with Gasteiger partial charge in [-0.25, -0.2) is 0 Å². The zero-order valence-corrected chi connectivity index (χ0v) is 8.99. The zero-order valence-electron chi connectivity index (χ0n) is 6.59. The maximum Gasteiger partial charge on any atom is 0.0389 e. The number of benzene rings is 1. The summed E-state index contributed by atoms with van der Waals surface area (Å²) in [6.45, 7) is 0. The molecule has 1 atom stereocenters. The first kappa shape index (κ1) is 8.60. The fourth-order valence-corrected chi connectivity index (χ4v) is 2.88. The van der Waals surface area contributed by atoms with Gasteiger partial charge in [-0.05, 0) is 23.3 Å². The first-order chi connectivity index (χ1) is 5.77. The molecule has 0 spiro atoms. The molecule has 0 saturated heterocycles. The first-order valence-electron chi connectivity index (χ1n) is 3.89. The number of hydrogen-bond donors (Lipinski definition) is 1. The van der Waals surface area contributed by atoms with E-state index >= 15 is 0 Å². The van der Waals surface area contributed by atoms with Crippen molar-refractivity contribution in [3.8, 4) is 0 Å². The summed E-state index contributed by atoms with van der Waals surface area (Å²) in [6.07, 6.45) is 0. The second-order valence-electron chi connectivity index (χ2n) is 2.96. The summed E-state index contributed by atoms with van der Waals surface area (Å²) in [7, 11) is 0. The van der Waals surface area contributed by atoms with E-state index in [2.05, 4.69) is 34.1 Å². The lowest BCUT2D eigenvalue weighted by molar-refractivity contribution is 0.809. The standard InChI is InChI=1S/C9H10BrNS/c10-7-1-2-8-6(3-7)4-12-5-9(8)11/h1-3,9H,4-5,11H2. The van der Waals surface area contributed by atoms with Gasteiger partial charge in [-0.1, -0.05) is 22.0 Å². The Morgan fingerprint density at radius 1 is 1.50 bits per heavy atom. The van der Waals surface area contributed by atoms with Crippen LogP contribution in [0.4, 0.5) is 0 Å². The Morgan fingerprint density at radius 2 is 2.33 bits per heavy atom. The predicted molar refractivity (Wildman–Crippen MR) is 57.2 cm³/mol. The fraction of sp³-hybridized carbons (Fsp3) is 0.333. The van der Waals surface area contributed by atoms with E-state index in [1.165, 1.54) is 11.1 Å². The van der Waals surface area contributed by atoms with Gasteiger partial charge in [0.15, 0.2) is 0 Å². The van der Waals surface area contributed by atoms with E-state index < -0.39 is 0 Å². The summed E-state index contributed by atoms with van der Waals surface area (Å²) in [5.41, 5.74) is 8.66. The molecular weight excluding hydrogens is 234 g/mol. The smallest absolute Gasteiger partial charge is 0.0389 e. The molecule has 1 nitrogen and oxygen atoms in total. The van der Waals surface area contributed by atoms with Gasteiger partial charge >= 0.3 is 0 Å². The lowest BCUT2D eigenvalue weighted by atomic mass is 10.0. The second-order valence-corrected chi connectivity index (χ2v) is 4.91. The number of rotatable bonds is 0. The predicted octanol–water partition coefficient (Wildman–Crippen LogP) is 2.70. The van der Waals surface area contributed by atoms with Crippen molar-refractivity contribution in [3.05, 3.63) is 33.8 Å². The molecule has 0 aliphatic carbocycles. The average molecular weight is 244 g/mol. The molecule has 1 heterocycles. The van der Waals surface area contributed by atoms with E-state index in [9.17, 15) is 0 Å². The third-order valence-corrected chi connectivity index (χ3v) is 3.66. The van der Waals surface area contributed by atoms with Gasteiger partial charge < -0.3 is 5.73 Å². The quantitative estimate of drug-likeness (QED) is 0.759. The van der Waals surface area contributed by atoms with Gasteiger partial charge in [0.2, 0.25) is 0 Å². The average Bonchev–Trinajstić information content (AvgIpc) is 2.04. The van der Waals surface area contributed by atoms with Crippen LogP contribution in [0.3, 0.4) is 0 Å². The van der Waals surface area contributed by atoms with Crippen molar-refractivity contribution in [1.29, 1.82) is 0 Å². The molecule has 2 N–H and O–H groups in total. The third-order valence-electron chi connectivity index (χ3n) is 2.06. The SMILES string of the molecule is NC1CSCc2cc(Br)ccc21. The highest BCUT2D eigenvalue weighted by Gasteiger charge is 2.16. The number of fused-ring (bicyclic) bond motifs is 1. The molecular formula is C9H10BrNS. The van der Waals surface area contributed by atoms with Gasteiger partial charge in [0.25, 0.3) is 0 Å². The third kappa shape index (κ3) is 1.53. The van der Waals surface area contributed by atoms with Crippen molar-refractivity contribution >= 4 is 27.7 Å². The van der Waals surface area contributed by atoms with Crippen molar-refractivity contribution in [1.82, 2.24) is 0 Å². The molecule has 12 heavy (non-hydrogen) atoms. The highest BCUT2D eigenvalue weighted by atomic mass is 79.9. The minimum atomic E-state index is 0.229. The minimum Gasteiger partial charge on any atom is -0.323 e. The van der Waals surface area contributed by atoms with E-state index in [0.29, 0.717) is 0 Å². The van der Waals surface area contributed by atoms with Crippen LogP contribution in [0, 0.1) is 0 Å². The van der Waals surface area contributed by atoms with E-state index in [1.54, 1.807) is 0 Å². The van der Waals surface area contributed by atoms with Gasteiger partial charge in [-0.3, -0.25) is 0 Å². The minimum absolute atomic E-state index is 0.229. The maximum atomic E-state index is 5.96. The van der Waals surface area contributed by atoms with Gasteiger partial charge in [0.05, 0.1) is 0 Å². The van der Waals surface area contributed by atoms with E-state index in [0.717, 1.165) is 16.0 Å². The molecule has 3 heteroatoms. The number of nitrogens with two attached hydrogens (primary N) is 1. The Balaban J connectivity index is 2.46. The van der Waals surface area contributed by atoms with Crippen molar-refractivity contribution in [3.63, 3.8) is 0 Å². The second kappa shape index (κ2) is 3.40. The maximum absolute atomic E-state index is 5.96. The molecule has 1 aliphatic rings. The van der Waals surface area contributed by atoms with Gasteiger partial charge in [0, 0.05) is 22.0 Å². The fourth-order valence-electron chi connectivity index (χ4n) is 1.45. The molecule has 64 valence electrons. The van der Waals surface area contributed by atoms with E-state index in [-0.39, 0.29) is 6.04 Å². The van der Waals surface area contributed by atoms with Crippen molar-refractivity contribution in [2.45, 2.75) is 11.8 Å². The molecule has 1 unspecified atom stereocenters. The number of hydrogen-bond acceptors (Lipinski definition) is 2. The van der Waals surface area contributed by atoms with Crippen molar-refractivity contribution in [2.75, 3.05) is 5.75 Å². The van der Waals surface area contributed by atoms with Gasteiger partial charge in [-0.15, -0.1) is 0 Å². The first-order valence-corrected chi connectivity index (χ1v) is 5.84. The van der Waals surface area contributed by atoms with Crippen LogP contribution in [-0.2, 0) is 5.75 Å². The van der Waals surface area contributed by atoms with E-state index in [1.807, 2.05) is 11.8 Å². The van der Waals surface area contributed by atoms with Crippen LogP contribution in [0.15, 0.2) is 22.7 Å². The Hall–Kier alpha value is 0.01000. The summed E-state index contributed by atoms with van der Waals surface area (Å²) >= 11 is 5.37. The van der Waals surface area contributed by atoms with Gasteiger partial charge in [0.1, 0.15) is 0 Å². The highest BCUT2D eigenvalue weighted by molar-refractivity contribution is 9.10. The van der Waals surface area contributed by atoms with Crippen LogP contribution in [0.25, 0.3) is 0 Å². The van der Waals surface area contributed by atoms with Crippen molar-refractivity contribution in [2.24, 2.45) is 5.73 Å². The number of thioether (sulfide) groups is 1. The normalized spacial score (nSPS) is 22.0. The van der Waals surface area contributed by atoms with Crippen molar-refractivity contribution < 1.29 is 0 Å². The molecule has 0 saturated carbocycles. The Morgan fingerprint density at radius 3 is 3.17 bits per heavy atom. The molecule has 0 fully saturated rings. The van der Waals surface area contributed by atoms with Crippen LogP contribution in [-0.4, -0.2) is 5.75 Å². The molecule has 2 rings (SSSR count). The molecule has 0 radical (unpaired) electrons. The summed E-state index contributed by atoms with van der Waals surface area (Å²) in [5, 5.41) is 0. The molecule has 0 bridgehead atoms. The molecule has 0 amide bonds. The molecule has 1 aromatic rings.